The van der Waals surface area contributed by atoms with Gasteiger partial charge in [-0.25, -0.2) is 0 Å². The molecule has 0 aromatic heterocycles. The molecule has 6 heteroatoms. The molecule has 0 atom stereocenters. The van der Waals surface area contributed by atoms with Crippen molar-refractivity contribution in [1.29, 1.82) is 0 Å². The van der Waals surface area contributed by atoms with Crippen LogP contribution in [0.4, 0.5) is 0 Å². The maximum absolute atomic E-state index is 5.41. The van der Waals surface area contributed by atoms with Crippen LogP contribution >= 0.6 is 24.8 Å². The van der Waals surface area contributed by atoms with Crippen molar-refractivity contribution in [3.63, 3.8) is 0 Å². The molecule has 0 radical (unpaired) electrons. The largest absolute Gasteiger partial charge is 0.493 e. The molecule has 1 aromatic rings. The zero-order chi connectivity index (χ0) is 14.8. The average molecular weight is 349 g/mol. The summed E-state index contributed by atoms with van der Waals surface area (Å²) in [5, 5.41) is 3.42. The first kappa shape index (κ1) is 23.2. The van der Waals surface area contributed by atoms with Crippen LogP contribution in [-0.4, -0.2) is 45.8 Å². The lowest BCUT2D eigenvalue weighted by molar-refractivity contribution is 0.330. The predicted octanol–water partition coefficient (Wildman–Crippen LogP) is 2.59. The van der Waals surface area contributed by atoms with Crippen molar-refractivity contribution >= 4 is 24.8 Å². The third-order valence-corrected chi connectivity index (χ3v) is 2.83. The van der Waals surface area contributed by atoms with Crippen LogP contribution in [0.5, 0.6) is 11.5 Å². The highest BCUT2D eigenvalue weighted by Crippen LogP contribution is 2.27. The van der Waals surface area contributed by atoms with Crippen LogP contribution in [-0.2, 0) is 6.54 Å². The molecular formula is C16H26Cl2N2O2. The Labute approximate surface area is 146 Å². The number of hydrogen-bond donors (Lipinski definition) is 1. The molecule has 0 heterocycles. The Hall–Kier alpha value is -1.12. The first-order chi connectivity index (χ1) is 9.67. The molecule has 126 valence electrons. The Balaban J connectivity index is 0. The first-order valence-electron chi connectivity index (χ1n) is 6.76. The van der Waals surface area contributed by atoms with E-state index in [0.29, 0.717) is 11.5 Å². The second-order valence-electron chi connectivity index (χ2n) is 4.81. The van der Waals surface area contributed by atoms with Gasteiger partial charge in [0.1, 0.15) is 6.61 Å². The van der Waals surface area contributed by atoms with Crippen molar-refractivity contribution in [2.75, 3.05) is 40.9 Å². The number of nitrogens with zero attached hydrogens (tertiary/aromatic N) is 1. The molecule has 1 N–H and O–H groups in total. The normalized spacial score (nSPS) is 9.41. The fourth-order valence-electron chi connectivity index (χ4n) is 1.81. The second-order valence-corrected chi connectivity index (χ2v) is 4.81. The van der Waals surface area contributed by atoms with E-state index in [-0.39, 0.29) is 31.4 Å². The minimum Gasteiger partial charge on any atom is -0.493 e. The van der Waals surface area contributed by atoms with Crippen LogP contribution in [0.3, 0.4) is 0 Å². The van der Waals surface area contributed by atoms with E-state index in [1.165, 1.54) is 5.56 Å². The molecule has 0 aliphatic heterocycles. The van der Waals surface area contributed by atoms with Gasteiger partial charge in [0, 0.05) is 6.54 Å². The van der Waals surface area contributed by atoms with Gasteiger partial charge in [-0.05, 0) is 51.3 Å². The van der Waals surface area contributed by atoms with E-state index < -0.39 is 0 Å². The maximum atomic E-state index is 5.41. The highest BCUT2D eigenvalue weighted by Gasteiger charge is 2.05. The molecular weight excluding hydrogens is 323 g/mol. The van der Waals surface area contributed by atoms with E-state index >= 15 is 0 Å². The Kier molecular flexibility index (Phi) is 14.2. The van der Waals surface area contributed by atoms with E-state index in [1.54, 1.807) is 7.11 Å². The van der Waals surface area contributed by atoms with Gasteiger partial charge in [0.05, 0.1) is 7.11 Å². The lowest BCUT2D eigenvalue weighted by Crippen LogP contribution is -2.21. The van der Waals surface area contributed by atoms with Gasteiger partial charge in [-0.1, -0.05) is 12.0 Å². The number of nitrogens with one attached hydrogen (secondary N) is 1. The van der Waals surface area contributed by atoms with Gasteiger partial charge in [-0.15, -0.1) is 31.2 Å². The van der Waals surface area contributed by atoms with Crippen molar-refractivity contribution in [2.45, 2.75) is 13.0 Å². The second kappa shape index (κ2) is 13.5. The van der Waals surface area contributed by atoms with Crippen LogP contribution in [0.15, 0.2) is 18.2 Å². The monoisotopic (exact) mass is 348 g/mol. The molecule has 22 heavy (non-hydrogen) atoms. The van der Waals surface area contributed by atoms with Gasteiger partial charge in [-0.2, -0.15) is 0 Å². The summed E-state index contributed by atoms with van der Waals surface area (Å²) < 4.78 is 10.7. The fraction of sp³-hybridized carbons (Fsp3) is 0.500. The van der Waals surface area contributed by atoms with Crippen LogP contribution in [0.1, 0.15) is 12.0 Å². The summed E-state index contributed by atoms with van der Waals surface area (Å²) in [4.78, 5) is 2.18. The molecule has 0 aliphatic rings. The van der Waals surface area contributed by atoms with E-state index in [1.807, 2.05) is 18.2 Å². The maximum Gasteiger partial charge on any atom is 0.162 e. The Morgan fingerprint density at radius 2 is 1.95 bits per heavy atom. The summed E-state index contributed by atoms with van der Waals surface area (Å²) in [7, 11) is 5.80. The standard InChI is InChI=1S/C16H24N2O2.2ClH/c1-5-11-20-15-8-7-14(12-16(15)19-4)13-17-9-6-10-18(2)3;;/h1,7-8,12,17H,6,9-11,13H2,2-4H3;2*1H. The molecule has 0 bridgehead atoms. The van der Waals surface area contributed by atoms with E-state index in [2.05, 4.69) is 30.2 Å². The lowest BCUT2D eigenvalue weighted by Gasteiger charge is -2.12. The molecule has 0 saturated carbocycles. The lowest BCUT2D eigenvalue weighted by atomic mass is 10.2. The third-order valence-electron chi connectivity index (χ3n) is 2.83. The van der Waals surface area contributed by atoms with Gasteiger partial charge in [-0.3, -0.25) is 0 Å². The molecule has 0 aliphatic carbocycles. The van der Waals surface area contributed by atoms with Crippen molar-refractivity contribution in [1.82, 2.24) is 10.2 Å². The van der Waals surface area contributed by atoms with Gasteiger partial charge in [0.15, 0.2) is 11.5 Å². The molecule has 0 unspecified atom stereocenters. The number of rotatable bonds is 9. The highest BCUT2D eigenvalue weighted by atomic mass is 35.5. The number of methoxy groups -OCH3 is 1. The summed E-state index contributed by atoms with van der Waals surface area (Å²) in [5.41, 5.74) is 1.17. The summed E-state index contributed by atoms with van der Waals surface area (Å²) in [6.45, 7) is 3.16. The molecule has 4 nitrogen and oxygen atoms in total. The minimum atomic E-state index is 0. The van der Waals surface area contributed by atoms with Gasteiger partial charge >= 0.3 is 0 Å². The van der Waals surface area contributed by atoms with Gasteiger partial charge < -0.3 is 19.7 Å². The molecule has 1 aromatic carbocycles. The number of benzene rings is 1. The quantitative estimate of drug-likeness (QED) is 0.549. The van der Waals surface area contributed by atoms with Crippen LogP contribution < -0.4 is 14.8 Å². The molecule has 1 rings (SSSR count). The van der Waals surface area contributed by atoms with Gasteiger partial charge in [0.2, 0.25) is 0 Å². The SMILES string of the molecule is C#CCOc1ccc(CNCCCN(C)C)cc1OC.Cl.Cl. The average Bonchev–Trinajstić information content (AvgIpc) is 2.44. The minimum absolute atomic E-state index is 0. The Morgan fingerprint density at radius 3 is 2.55 bits per heavy atom. The summed E-state index contributed by atoms with van der Waals surface area (Å²) in [5.74, 6) is 3.84. The zero-order valence-electron chi connectivity index (χ0n) is 13.4. The van der Waals surface area contributed by atoms with Crippen molar-refractivity contribution in [3.05, 3.63) is 23.8 Å². The first-order valence-corrected chi connectivity index (χ1v) is 6.76. The fourth-order valence-corrected chi connectivity index (χ4v) is 1.81. The van der Waals surface area contributed by atoms with Crippen LogP contribution in [0.2, 0.25) is 0 Å². The van der Waals surface area contributed by atoms with Crippen molar-refractivity contribution < 1.29 is 9.47 Å². The predicted molar refractivity (Wildman–Crippen MR) is 96.7 cm³/mol. The van der Waals surface area contributed by atoms with Crippen molar-refractivity contribution in [2.24, 2.45) is 0 Å². The summed E-state index contributed by atoms with van der Waals surface area (Å²) in [6.07, 6.45) is 6.32. The number of hydrogen-bond acceptors (Lipinski definition) is 4. The van der Waals surface area contributed by atoms with Crippen LogP contribution in [0, 0.1) is 12.3 Å². The number of ether oxygens (including phenoxy) is 2. The zero-order valence-corrected chi connectivity index (χ0v) is 15.1. The molecule has 0 amide bonds. The number of halogens is 2. The Bertz CT molecular complexity index is 448. The van der Waals surface area contributed by atoms with Gasteiger partial charge in [0.25, 0.3) is 0 Å². The van der Waals surface area contributed by atoms with Crippen molar-refractivity contribution in [3.8, 4) is 23.8 Å². The molecule has 0 spiro atoms. The Morgan fingerprint density at radius 1 is 1.23 bits per heavy atom. The summed E-state index contributed by atoms with van der Waals surface area (Å²) in [6, 6.07) is 5.89. The van der Waals surface area contributed by atoms with E-state index in [0.717, 1.165) is 26.1 Å². The molecule has 0 fully saturated rings. The van der Waals surface area contributed by atoms with E-state index in [4.69, 9.17) is 15.9 Å². The van der Waals surface area contributed by atoms with E-state index in [9.17, 15) is 0 Å². The summed E-state index contributed by atoms with van der Waals surface area (Å²) >= 11 is 0. The third kappa shape index (κ3) is 9.01. The molecule has 0 saturated heterocycles. The highest BCUT2D eigenvalue weighted by molar-refractivity contribution is 5.85. The topological polar surface area (TPSA) is 33.7 Å². The number of terminal acetylenes is 1. The van der Waals surface area contributed by atoms with Crippen LogP contribution in [0.25, 0.3) is 0 Å². The smallest absolute Gasteiger partial charge is 0.162 e.